The lowest BCUT2D eigenvalue weighted by molar-refractivity contribution is -0.183. The van der Waals surface area contributed by atoms with Crippen molar-refractivity contribution in [2.45, 2.75) is 12.2 Å². The van der Waals surface area contributed by atoms with Crippen LogP contribution in [-0.2, 0) is 0 Å². The summed E-state index contributed by atoms with van der Waals surface area (Å²) in [5.74, 6) is -0.656. The molecule has 0 bridgehead atoms. The Kier molecular flexibility index (Phi) is 8.08. The van der Waals surface area contributed by atoms with Crippen molar-refractivity contribution >= 4 is 41.5 Å². The van der Waals surface area contributed by atoms with E-state index in [1.54, 1.807) is 0 Å². The van der Waals surface area contributed by atoms with E-state index in [1.165, 1.54) is 23.1 Å². The van der Waals surface area contributed by atoms with Crippen molar-refractivity contribution in [3.05, 3.63) is 33.8 Å². The summed E-state index contributed by atoms with van der Waals surface area (Å²) in [5, 5.41) is 5.76. The Morgan fingerprint density at radius 3 is 2.46 bits per heavy atom. The first-order valence-electron chi connectivity index (χ1n) is 7.04. The van der Waals surface area contributed by atoms with Gasteiger partial charge in [0.15, 0.2) is 0 Å². The average molecular weight is 407 g/mol. The minimum Gasteiger partial charge on any atom is -0.350 e. The summed E-state index contributed by atoms with van der Waals surface area (Å²) in [4.78, 5) is 13.4. The molecule has 0 radical (unpaired) electrons. The third-order valence-corrected chi connectivity index (χ3v) is 4.15. The van der Waals surface area contributed by atoms with Crippen LogP contribution in [0.4, 0.5) is 13.2 Å². The number of piperazine rings is 1. The lowest BCUT2D eigenvalue weighted by atomic mass is 10.1. The molecule has 24 heavy (non-hydrogen) atoms. The van der Waals surface area contributed by atoms with Gasteiger partial charge in [0.25, 0.3) is 5.91 Å². The van der Waals surface area contributed by atoms with Crippen LogP contribution in [0.15, 0.2) is 18.2 Å². The second kappa shape index (κ2) is 9.10. The molecule has 1 aromatic carbocycles. The third-order valence-electron chi connectivity index (χ3n) is 3.60. The van der Waals surface area contributed by atoms with Gasteiger partial charge in [0.05, 0.1) is 10.6 Å². The molecule has 1 amide bonds. The third kappa shape index (κ3) is 5.67. The highest BCUT2D eigenvalue weighted by atomic mass is 35.5. The predicted octanol–water partition coefficient (Wildman–Crippen LogP) is 2.98. The Balaban J connectivity index is 0.00000288. The molecule has 1 heterocycles. The molecule has 1 aliphatic rings. The molecule has 1 unspecified atom stereocenters. The van der Waals surface area contributed by atoms with Gasteiger partial charge >= 0.3 is 6.18 Å². The van der Waals surface area contributed by atoms with Gasteiger partial charge in [-0.05, 0) is 18.2 Å². The summed E-state index contributed by atoms with van der Waals surface area (Å²) < 4.78 is 39.7. The van der Waals surface area contributed by atoms with Crippen molar-refractivity contribution in [1.82, 2.24) is 15.5 Å². The number of hydrogen-bond acceptors (Lipinski definition) is 3. The van der Waals surface area contributed by atoms with Gasteiger partial charge in [-0.15, -0.1) is 12.4 Å². The van der Waals surface area contributed by atoms with Crippen LogP contribution >= 0.6 is 35.6 Å². The fourth-order valence-corrected chi connectivity index (χ4v) is 2.90. The SMILES string of the molecule is Cl.O=C(NCC(N1CCNCC1)C(F)(F)F)c1ccc(Cl)cc1Cl. The van der Waals surface area contributed by atoms with Gasteiger partial charge in [-0.2, -0.15) is 13.2 Å². The van der Waals surface area contributed by atoms with Gasteiger partial charge in [-0.3, -0.25) is 9.69 Å². The first-order chi connectivity index (χ1) is 10.8. The topological polar surface area (TPSA) is 44.4 Å². The second-order valence-electron chi connectivity index (χ2n) is 5.18. The fraction of sp³-hybridized carbons (Fsp3) is 0.500. The van der Waals surface area contributed by atoms with E-state index >= 15 is 0 Å². The molecule has 1 aliphatic heterocycles. The van der Waals surface area contributed by atoms with Gasteiger partial charge in [0.1, 0.15) is 6.04 Å². The maximum Gasteiger partial charge on any atom is 0.405 e. The molecule has 0 saturated carbocycles. The molecule has 10 heteroatoms. The summed E-state index contributed by atoms with van der Waals surface area (Å²) in [7, 11) is 0. The maximum absolute atomic E-state index is 13.2. The largest absolute Gasteiger partial charge is 0.405 e. The van der Waals surface area contributed by atoms with E-state index in [2.05, 4.69) is 10.6 Å². The zero-order chi connectivity index (χ0) is 17.0. The Hall–Kier alpha value is -0.730. The highest BCUT2D eigenvalue weighted by Crippen LogP contribution is 2.25. The fourth-order valence-electron chi connectivity index (χ4n) is 2.40. The Bertz CT molecular complexity index is 566. The van der Waals surface area contributed by atoms with Gasteiger partial charge in [0, 0.05) is 37.7 Å². The molecule has 1 atom stereocenters. The van der Waals surface area contributed by atoms with Crippen molar-refractivity contribution < 1.29 is 18.0 Å². The molecule has 4 nitrogen and oxygen atoms in total. The number of rotatable bonds is 4. The molecule has 2 rings (SSSR count). The molecule has 0 aromatic heterocycles. The number of halogens is 6. The monoisotopic (exact) mass is 405 g/mol. The van der Waals surface area contributed by atoms with Crippen LogP contribution in [0, 0.1) is 0 Å². The molecule has 1 saturated heterocycles. The molecular formula is C14H17Cl3F3N3O. The van der Waals surface area contributed by atoms with E-state index in [1.807, 2.05) is 0 Å². The summed E-state index contributed by atoms with van der Waals surface area (Å²) in [5.41, 5.74) is 0.0947. The van der Waals surface area contributed by atoms with Crippen molar-refractivity contribution in [2.75, 3.05) is 32.7 Å². The van der Waals surface area contributed by atoms with Crippen molar-refractivity contribution in [3.63, 3.8) is 0 Å². The Morgan fingerprint density at radius 1 is 1.29 bits per heavy atom. The van der Waals surface area contributed by atoms with Gasteiger partial charge in [-0.25, -0.2) is 0 Å². The minimum absolute atomic E-state index is 0. The van der Waals surface area contributed by atoms with Crippen LogP contribution in [-0.4, -0.2) is 55.7 Å². The number of alkyl halides is 3. The standard InChI is InChI=1S/C14H16Cl2F3N3O.ClH/c15-9-1-2-10(11(16)7-9)13(23)21-8-12(14(17,18)19)22-5-3-20-4-6-22;/h1-2,7,12,20H,3-6,8H2,(H,21,23);1H. The molecule has 0 spiro atoms. The van der Waals surface area contributed by atoms with Crippen LogP contribution in [0.2, 0.25) is 10.0 Å². The Morgan fingerprint density at radius 2 is 1.92 bits per heavy atom. The van der Waals surface area contributed by atoms with E-state index in [9.17, 15) is 18.0 Å². The number of amides is 1. The first-order valence-corrected chi connectivity index (χ1v) is 7.79. The number of carbonyl (C=O) groups excluding carboxylic acids is 1. The van der Waals surface area contributed by atoms with Crippen LogP contribution in [0.1, 0.15) is 10.4 Å². The normalized spacial score (nSPS) is 17.0. The summed E-state index contributed by atoms with van der Waals surface area (Å²) in [6.07, 6.45) is -4.42. The highest BCUT2D eigenvalue weighted by Gasteiger charge is 2.43. The molecular weight excluding hydrogens is 390 g/mol. The summed E-state index contributed by atoms with van der Waals surface area (Å²) in [6, 6.07) is 2.49. The Labute approximate surface area is 154 Å². The maximum atomic E-state index is 13.2. The van der Waals surface area contributed by atoms with E-state index < -0.39 is 24.7 Å². The molecule has 1 aromatic rings. The molecule has 1 fully saturated rings. The van der Waals surface area contributed by atoms with Crippen molar-refractivity contribution in [2.24, 2.45) is 0 Å². The van der Waals surface area contributed by atoms with E-state index in [0.29, 0.717) is 18.1 Å². The quantitative estimate of drug-likeness (QED) is 0.808. The van der Waals surface area contributed by atoms with E-state index in [0.717, 1.165) is 0 Å². The predicted molar refractivity (Wildman–Crippen MR) is 90.3 cm³/mol. The van der Waals surface area contributed by atoms with Crippen molar-refractivity contribution in [1.29, 1.82) is 0 Å². The van der Waals surface area contributed by atoms with Gasteiger partial charge < -0.3 is 10.6 Å². The number of benzene rings is 1. The highest BCUT2D eigenvalue weighted by molar-refractivity contribution is 6.36. The minimum atomic E-state index is -4.42. The number of nitrogens with zero attached hydrogens (tertiary/aromatic N) is 1. The van der Waals surface area contributed by atoms with Crippen LogP contribution in [0.25, 0.3) is 0 Å². The second-order valence-corrected chi connectivity index (χ2v) is 6.02. The molecule has 0 aliphatic carbocycles. The summed E-state index contributed by atoms with van der Waals surface area (Å²) >= 11 is 11.6. The zero-order valence-electron chi connectivity index (χ0n) is 12.5. The van der Waals surface area contributed by atoms with E-state index in [-0.39, 0.29) is 36.1 Å². The van der Waals surface area contributed by atoms with Crippen LogP contribution in [0.3, 0.4) is 0 Å². The smallest absolute Gasteiger partial charge is 0.350 e. The van der Waals surface area contributed by atoms with Crippen molar-refractivity contribution in [3.8, 4) is 0 Å². The van der Waals surface area contributed by atoms with Gasteiger partial charge in [-0.1, -0.05) is 23.2 Å². The van der Waals surface area contributed by atoms with Crippen LogP contribution in [0.5, 0.6) is 0 Å². The first kappa shape index (κ1) is 21.3. The zero-order valence-corrected chi connectivity index (χ0v) is 14.8. The number of hydrogen-bond donors (Lipinski definition) is 2. The lowest BCUT2D eigenvalue weighted by Crippen LogP contribution is -2.57. The molecule has 136 valence electrons. The number of nitrogens with one attached hydrogen (secondary N) is 2. The van der Waals surface area contributed by atoms with E-state index in [4.69, 9.17) is 23.2 Å². The summed E-state index contributed by atoms with van der Waals surface area (Å²) in [6.45, 7) is 1.01. The molecule has 2 N–H and O–H groups in total. The van der Waals surface area contributed by atoms with Crippen LogP contribution < -0.4 is 10.6 Å². The number of carbonyl (C=O) groups is 1. The lowest BCUT2D eigenvalue weighted by Gasteiger charge is -2.35. The van der Waals surface area contributed by atoms with Gasteiger partial charge in [0.2, 0.25) is 0 Å². The average Bonchev–Trinajstić information content (AvgIpc) is 2.47.